The highest BCUT2D eigenvalue weighted by molar-refractivity contribution is 7.14. The average molecular weight is 393 g/mol. The molecule has 2 heterocycles. The largest absolute Gasteiger partial charge is 0.484 e. The molecule has 1 aliphatic rings. The van der Waals surface area contributed by atoms with E-state index in [-0.39, 0.29) is 18.4 Å². The van der Waals surface area contributed by atoms with Gasteiger partial charge in [0, 0.05) is 23.1 Å². The van der Waals surface area contributed by atoms with Gasteiger partial charge in [-0.05, 0) is 48.7 Å². The number of nitrogens with one attached hydrogen (secondary N) is 2. The molecule has 6 nitrogen and oxygen atoms in total. The number of hydrogen-bond donors (Lipinski definition) is 2. The number of ether oxygens (including phenoxy) is 1. The number of aryl methyl sites for hydroxylation is 2. The molecule has 0 aliphatic carbocycles. The van der Waals surface area contributed by atoms with E-state index in [4.69, 9.17) is 4.74 Å². The van der Waals surface area contributed by atoms with Crippen LogP contribution >= 0.6 is 11.3 Å². The van der Waals surface area contributed by atoms with Gasteiger partial charge in [-0.3, -0.25) is 14.9 Å². The molecule has 0 unspecified atom stereocenters. The van der Waals surface area contributed by atoms with Crippen LogP contribution in [-0.2, 0) is 16.0 Å². The van der Waals surface area contributed by atoms with Crippen molar-refractivity contribution in [2.75, 3.05) is 17.2 Å². The van der Waals surface area contributed by atoms with E-state index < -0.39 is 0 Å². The van der Waals surface area contributed by atoms with E-state index in [1.165, 1.54) is 11.3 Å². The molecule has 0 radical (unpaired) electrons. The molecule has 7 heteroatoms. The summed E-state index contributed by atoms with van der Waals surface area (Å²) in [5, 5.41) is 8.07. The zero-order valence-corrected chi connectivity index (χ0v) is 16.1. The highest BCUT2D eigenvalue weighted by Crippen LogP contribution is 2.30. The minimum atomic E-state index is -0.254. The van der Waals surface area contributed by atoms with Crippen molar-refractivity contribution < 1.29 is 14.3 Å². The van der Waals surface area contributed by atoms with Crippen molar-refractivity contribution in [3.63, 3.8) is 0 Å². The highest BCUT2D eigenvalue weighted by Gasteiger charge is 2.16. The monoisotopic (exact) mass is 393 g/mol. The number of hydrogen-bond acceptors (Lipinski definition) is 5. The van der Waals surface area contributed by atoms with Gasteiger partial charge in [0.2, 0.25) is 5.91 Å². The van der Waals surface area contributed by atoms with Gasteiger partial charge in [-0.2, -0.15) is 0 Å². The van der Waals surface area contributed by atoms with Crippen LogP contribution in [0.3, 0.4) is 0 Å². The Balaban J connectivity index is 1.39. The van der Waals surface area contributed by atoms with Crippen LogP contribution in [0, 0.1) is 6.92 Å². The molecule has 0 bridgehead atoms. The van der Waals surface area contributed by atoms with Gasteiger partial charge in [0.1, 0.15) is 5.75 Å². The van der Waals surface area contributed by atoms with Gasteiger partial charge in [-0.1, -0.05) is 18.2 Å². The van der Waals surface area contributed by atoms with E-state index in [9.17, 15) is 9.59 Å². The van der Waals surface area contributed by atoms with Crippen molar-refractivity contribution in [2.45, 2.75) is 19.8 Å². The van der Waals surface area contributed by atoms with Crippen molar-refractivity contribution in [2.24, 2.45) is 0 Å². The molecular weight excluding hydrogens is 374 g/mol. The summed E-state index contributed by atoms with van der Waals surface area (Å²) in [5.41, 5.74) is 4.79. The molecule has 2 amide bonds. The van der Waals surface area contributed by atoms with Crippen LogP contribution in [0.25, 0.3) is 11.3 Å². The first kappa shape index (κ1) is 18.2. The Bertz CT molecular complexity index is 1040. The number of amides is 2. The van der Waals surface area contributed by atoms with Crippen molar-refractivity contribution in [3.8, 4) is 17.0 Å². The first-order valence-electron chi connectivity index (χ1n) is 8.95. The number of rotatable bonds is 5. The SMILES string of the molecule is Cc1cccc(OCC(=O)Nc2nc(-c3ccc4c(c3)CCC(=O)N4)cs2)c1. The molecule has 2 N–H and O–H groups in total. The third-order valence-electron chi connectivity index (χ3n) is 4.41. The number of carbonyl (C=O) groups is 2. The topological polar surface area (TPSA) is 80.3 Å². The standard InChI is InChI=1S/C21H19N3O3S/c1-13-3-2-4-16(9-13)27-11-20(26)24-21-23-18(12-28-21)15-5-7-17-14(10-15)6-8-19(25)22-17/h2-5,7,9-10,12H,6,8,11H2,1H3,(H,22,25)(H,23,24,26). The zero-order chi connectivity index (χ0) is 19.5. The van der Waals surface area contributed by atoms with Crippen LogP contribution in [-0.4, -0.2) is 23.4 Å². The fraction of sp³-hybridized carbons (Fsp3) is 0.190. The van der Waals surface area contributed by atoms with Gasteiger partial charge < -0.3 is 10.1 Å². The molecule has 0 saturated carbocycles. The summed E-state index contributed by atoms with van der Waals surface area (Å²) in [6.07, 6.45) is 1.22. The van der Waals surface area contributed by atoms with Crippen LogP contribution in [0.2, 0.25) is 0 Å². The quantitative estimate of drug-likeness (QED) is 0.686. The predicted molar refractivity (Wildman–Crippen MR) is 110 cm³/mol. The molecule has 4 rings (SSSR count). The summed E-state index contributed by atoms with van der Waals surface area (Å²) in [7, 11) is 0. The number of benzene rings is 2. The maximum Gasteiger partial charge on any atom is 0.264 e. The third kappa shape index (κ3) is 4.20. The minimum Gasteiger partial charge on any atom is -0.484 e. The first-order valence-corrected chi connectivity index (χ1v) is 9.83. The molecule has 2 aromatic carbocycles. The van der Waals surface area contributed by atoms with E-state index in [0.29, 0.717) is 17.3 Å². The second kappa shape index (κ2) is 7.82. The predicted octanol–water partition coefficient (Wildman–Crippen LogP) is 4.02. The van der Waals surface area contributed by atoms with Gasteiger partial charge in [-0.15, -0.1) is 11.3 Å². The number of fused-ring (bicyclic) bond motifs is 1. The fourth-order valence-corrected chi connectivity index (χ4v) is 3.75. The lowest BCUT2D eigenvalue weighted by Crippen LogP contribution is -2.20. The number of anilines is 2. The van der Waals surface area contributed by atoms with Crippen LogP contribution in [0.15, 0.2) is 47.8 Å². The maximum absolute atomic E-state index is 12.1. The van der Waals surface area contributed by atoms with Crippen LogP contribution in [0.5, 0.6) is 5.75 Å². The van der Waals surface area contributed by atoms with E-state index >= 15 is 0 Å². The van der Waals surface area contributed by atoms with Gasteiger partial charge in [0.25, 0.3) is 5.91 Å². The van der Waals surface area contributed by atoms with Gasteiger partial charge >= 0.3 is 0 Å². The molecule has 0 atom stereocenters. The lowest BCUT2D eigenvalue weighted by Gasteiger charge is -2.17. The summed E-state index contributed by atoms with van der Waals surface area (Å²) in [4.78, 5) is 28.1. The van der Waals surface area contributed by atoms with Crippen molar-refractivity contribution >= 4 is 34.0 Å². The lowest BCUT2D eigenvalue weighted by atomic mass is 9.99. The van der Waals surface area contributed by atoms with Crippen molar-refractivity contribution in [1.29, 1.82) is 0 Å². The molecule has 28 heavy (non-hydrogen) atoms. The number of nitrogens with zero attached hydrogens (tertiary/aromatic N) is 1. The summed E-state index contributed by atoms with van der Waals surface area (Å²) >= 11 is 1.37. The molecule has 0 saturated heterocycles. The molecule has 3 aromatic rings. The molecule has 142 valence electrons. The van der Waals surface area contributed by atoms with E-state index in [1.54, 1.807) is 0 Å². The van der Waals surface area contributed by atoms with E-state index in [2.05, 4.69) is 15.6 Å². The van der Waals surface area contributed by atoms with Crippen molar-refractivity contribution in [3.05, 3.63) is 59.0 Å². The van der Waals surface area contributed by atoms with Gasteiger partial charge in [-0.25, -0.2) is 4.98 Å². The van der Waals surface area contributed by atoms with Crippen LogP contribution in [0.4, 0.5) is 10.8 Å². The van der Waals surface area contributed by atoms with Gasteiger partial charge in [0.05, 0.1) is 5.69 Å². The zero-order valence-electron chi connectivity index (χ0n) is 15.3. The van der Waals surface area contributed by atoms with Crippen LogP contribution in [0.1, 0.15) is 17.5 Å². The molecule has 0 fully saturated rings. The Kier molecular flexibility index (Phi) is 5.08. The first-order chi connectivity index (χ1) is 13.6. The number of carbonyl (C=O) groups excluding carboxylic acids is 2. The fourth-order valence-electron chi connectivity index (χ4n) is 3.02. The Morgan fingerprint density at radius 3 is 3.00 bits per heavy atom. The summed E-state index contributed by atoms with van der Waals surface area (Å²) in [5.74, 6) is 0.457. The van der Waals surface area contributed by atoms with Crippen LogP contribution < -0.4 is 15.4 Å². The highest BCUT2D eigenvalue weighted by atomic mass is 32.1. The summed E-state index contributed by atoms with van der Waals surface area (Å²) < 4.78 is 5.51. The maximum atomic E-state index is 12.1. The Morgan fingerprint density at radius 2 is 2.14 bits per heavy atom. The molecule has 1 aromatic heterocycles. The smallest absolute Gasteiger partial charge is 0.264 e. The average Bonchev–Trinajstić information content (AvgIpc) is 3.14. The van der Waals surface area contributed by atoms with Gasteiger partial charge in [0.15, 0.2) is 11.7 Å². The van der Waals surface area contributed by atoms with Crippen molar-refractivity contribution in [1.82, 2.24) is 4.98 Å². The lowest BCUT2D eigenvalue weighted by molar-refractivity contribution is -0.118. The summed E-state index contributed by atoms with van der Waals surface area (Å²) in [6, 6.07) is 13.4. The minimum absolute atomic E-state index is 0.0480. The Labute approximate surface area is 166 Å². The normalized spacial score (nSPS) is 12.8. The number of aromatic nitrogens is 1. The van der Waals surface area contributed by atoms with E-state index in [0.717, 1.165) is 34.5 Å². The summed E-state index contributed by atoms with van der Waals surface area (Å²) in [6.45, 7) is 1.90. The second-order valence-corrected chi connectivity index (χ2v) is 7.47. The second-order valence-electron chi connectivity index (χ2n) is 6.61. The molecule has 0 spiro atoms. The molecule has 1 aliphatic heterocycles. The van der Waals surface area contributed by atoms with E-state index in [1.807, 2.05) is 54.8 Å². The Hall–Kier alpha value is -3.19. The number of thiazole rings is 1. The third-order valence-corrected chi connectivity index (χ3v) is 5.16. The molecular formula is C21H19N3O3S. The Morgan fingerprint density at radius 1 is 1.25 bits per heavy atom.